The highest BCUT2D eigenvalue weighted by molar-refractivity contribution is 5.79. The van der Waals surface area contributed by atoms with Gasteiger partial charge in [-0.15, -0.1) is 0 Å². The van der Waals surface area contributed by atoms with Gasteiger partial charge in [0.25, 0.3) is 0 Å². The number of aryl methyl sites for hydroxylation is 1. The Kier molecular flexibility index (Phi) is 2.16. The number of hydrogen-bond acceptors (Lipinski definition) is 1. The average Bonchev–Trinajstić information content (AvgIpc) is 3.01. The van der Waals surface area contributed by atoms with Crippen molar-refractivity contribution in [3.63, 3.8) is 0 Å². The highest BCUT2D eigenvalue weighted by Crippen LogP contribution is 2.38. The summed E-state index contributed by atoms with van der Waals surface area (Å²) >= 11 is 0. The SMILES string of the molecule is Cc1ccoc1-c1ccc2c(c1)Cc1ccccc1-2. The van der Waals surface area contributed by atoms with Crippen LogP contribution in [-0.4, -0.2) is 0 Å². The molecule has 0 spiro atoms. The molecule has 0 saturated carbocycles. The summed E-state index contributed by atoms with van der Waals surface area (Å²) in [5, 5.41) is 0. The van der Waals surface area contributed by atoms with Crippen LogP contribution in [0.25, 0.3) is 22.5 Å². The molecule has 0 bridgehead atoms. The fourth-order valence-electron chi connectivity index (χ4n) is 2.95. The second-order valence-electron chi connectivity index (χ2n) is 5.14. The van der Waals surface area contributed by atoms with Crippen LogP contribution in [0.3, 0.4) is 0 Å². The van der Waals surface area contributed by atoms with Gasteiger partial charge >= 0.3 is 0 Å². The summed E-state index contributed by atoms with van der Waals surface area (Å²) in [4.78, 5) is 0. The van der Waals surface area contributed by atoms with Crippen LogP contribution in [0.5, 0.6) is 0 Å². The lowest BCUT2D eigenvalue weighted by Crippen LogP contribution is -1.83. The van der Waals surface area contributed by atoms with E-state index in [1.54, 1.807) is 6.26 Å². The molecule has 0 unspecified atom stereocenters. The minimum absolute atomic E-state index is 0.985. The molecule has 0 amide bonds. The number of fused-ring (bicyclic) bond motifs is 3. The molecule has 92 valence electrons. The normalized spacial score (nSPS) is 12.3. The minimum atomic E-state index is 0.985. The standard InChI is InChI=1S/C18H14O/c1-12-8-9-19-18(12)14-6-7-17-15(11-14)10-13-4-2-3-5-16(13)17/h2-9,11H,10H2,1H3. The molecule has 0 radical (unpaired) electrons. The summed E-state index contributed by atoms with van der Waals surface area (Å²) in [6.45, 7) is 2.08. The molecule has 2 aromatic carbocycles. The van der Waals surface area contributed by atoms with E-state index < -0.39 is 0 Å². The molecule has 0 saturated heterocycles. The van der Waals surface area contributed by atoms with Crippen molar-refractivity contribution in [2.24, 2.45) is 0 Å². The largest absolute Gasteiger partial charge is 0.464 e. The Morgan fingerprint density at radius 2 is 1.74 bits per heavy atom. The maximum Gasteiger partial charge on any atom is 0.136 e. The summed E-state index contributed by atoms with van der Waals surface area (Å²) in [7, 11) is 0. The number of furan rings is 1. The van der Waals surface area contributed by atoms with E-state index in [1.807, 2.05) is 6.07 Å². The van der Waals surface area contributed by atoms with Crippen molar-refractivity contribution >= 4 is 0 Å². The molecule has 1 aliphatic rings. The van der Waals surface area contributed by atoms with Gasteiger partial charge in [0, 0.05) is 5.56 Å². The van der Waals surface area contributed by atoms with E-state index in [2.05, 4.69) is 49.4 Å². The van der Waals surface area contributed by atoms with Crippen LogP contribution in [0.2, 0.25) is 0 Å². The molecule has 1 heteroatoms. The van der Waals surface area contributed by atoms with Gasteiger partial charge in [-0.25, -0.2) is 0 Å². The van der Waals surface area contributed by atoms with Gasteiger partial charge in [0.1, 0.15) is 5.76 Å². The summed E-state index contributed by atoms with van der Waals surface area (Å²) in [5.74, 6) is 0.985. The molecule has 1 aromatic heterocycles. The Morgan fingerprint density at radius 1 is 0.895 bits per heavy atom. The van der Waals surface area contributed by atoms with Gasteiger partial charge in [0.05, 0.1) is 6.26 Å². The van der Waals surface area contributed by atoms with Gasteiger partial charge in [0.2, 0.25) is 0 Å². The van der Waals surface area contributed by atoms with E-state index >= 15 is 0 Å². The average molecular weight is 246 g/mol. The van der Waals surface area contributed by atoms with Crippen LogP contribution in [0.4, 0.5) is 0 Å². The summed E-state index contributed by atoms with van der Waals surface area (Å²) in [6, 6.07) is 17.3. The van der Waals surface area contributed by atoms with Crippen LogP contribution in [-0.2, 0) is 6.42 Å². The molecule has 3 aromatic rings. The van der Waals surface area contributed by atoms with Gasteiger partial charge in [-0.3, -0.25) is 0 Å². The predicted molar refractivity (Wildman–Crippen MR) is 77.1 cm³/mol. The van der Waals surface area contributed by atoms with Crippen LogP contribution in [0.1, 0.15) is 16.7 Å². The first-order valence-corrected chi connectivity index (χ1v) is 6.58. The maximum absolute atomic E-state index is 5.59. The van der Waals surface area contributed by atoms with E-state index in [0.717, 1.165) is 12.2 Å². The van der Waals surface area contributed by atoms with Gasteiger partial charge < -0.3 is 4.42 Å². The Hall–Kier alpha value is -2.28. The van der Waals surface area contributed by atoms with Crippen molar-refractivity contribution in [2.45, 2.75) is 13.3 Å². The molecule has 0 atom stereocenters. The number of hydrogen-bond donors (Lipinski definition) is 0. The molecule has 0 N–H and O–H groups in total. The van der Waals surface area contributed by atoms with Crippen LogP contribution >= 0.6 is 0 Å². The minimum Gasteiger partial charge on any atom is -0.464 e. The van der Waals surface area contributed by atoms with Crippen LogP contribution in [0.15, 0.2) is 59.2 Å². The molecular formula is C18H14O. The Bertz CT molecular complexity index is 765. The smallest absolute Gasteiger partial charge is 0.136 e. The molecule has 1 heterocycles. The fourth-order valence-corrected chi connectivity index (χ4v) is 2.95. The Morgan fingerprint density at radius 3 is 2.58 bits per heavy atom. The van der Waals surface area contributed by atoms with Gasteiger partial charge in [-0.1, -0.05) is 36.4 Å². The zero-order valence-corrected chi connectivity index (χ0v) is 10.8. The van der Waals surface area contributed by atoms with E-state index in [-0.39, 0.29) is 0 Å². The van der Waals surface area contributed by atoms with Crippen LogP contribution in [0, 0.1) is 6.92 Å². The van der Waals surface area contributed by atoms with E-state index in [4.69, 9.17) is 4.42 Å². The molecule has 4 rings (SSSR count). The molecule has 19 heavy (non-hydrogen) atoms. The predicted octanol–water partition coefficient (Wildman–Crippen LogP) is 4.83. The molecule has 1 nitrogen and oxygen atoms in total. The van der Waals surface area contributed by atoms with E-state index in [9.17, 15) is 0 Å². The highest BCUT2D eigenvalue weighted by atomic mass is 16.3. The summed E-state index contributed by atoms with van der Waals surface area (Å²) in [5.41, 5.74) is 7.92. The lowest BCUT2D eigenvalue weighted by Gasteiger charge is -2.04. The van der Waals surface area contributed by atoms with Crippen molar-refractivity contribution in [3.05, 3.63) is 71.5 Å². The van der Waals surface area contributed by atoms with Gasteiger partial charge in [-0.2, -0.15) is 0 Å². The van der Waals surface area contributed by atoms with Crippen molar-refractivity contribution in [1.29, 1.82) is 0 Å². The number of benzene rings is 2. The molecule has 1 aliphatic carbocycles. The topological polar surface area (TPSA) is 13.1 Å². The fraction of sp³-hybridized carbons (Fsp3) is 0.111. The highest BCUT2D eigenvalue weighted by Gasteiger charge is 2.18. The third kappa shape index (κ3) is 1.55. The van der Waals surface area contributed by atoms with Crippen molar-refractivity contribution < 1.29 is 4.42 Å². The third-order valence-electron chi connectivity index (χ3n) is 3.92. The van der Waals surface area contributed by atoms with Gasteiger partial charge in [0.15, 0.2) is 0 Å². The molecular weight excluding hydrogens is 232 g/mol. The quantitative estimate of drug-likeness (QED) is 0.469. The van der Waals surface area contributed by atoms with E-state index in [0.29, 0.717) is 0 Å². The number of rotatable bonds is 1. The van der Waals surface area contributed by atoms with Crippen molar-refractivity contribution in [3.8, 4) is 22.5 Å². The van der Waals surface area contributed by atoms with Gasteiger partial charge in [-0.05, 0) is 53.3 Å². The van der Waals surface area contributed by atoms with E-state index in [1.165, 1.54) is 33.4 Å². The lowest BCUT2D eigenvalue weighted by molar-refractivity contribution is 0.581. The first kappa shape index (κ1) is 10.6. The first-order valence-electron chi connectivity index (χ1n) is 6.58. The maximum atomic E-state index is 5.59. The second-order valence-corrected chi connectivity index (χ2v) is 5.14. The summed E-state index contributed by atoms with van der Waals surface area (Å²) < 4.78 is 5.59. The zero-order chi connectivity index (χ0) is 12.8. The second kappa shape index (κ2) is 3.86. The van der Waals surface area contributed by atoms with Crippen molar-refractivity contribution in [1.82, 2.24) is 0 Å². The van der Waals surface area contributed by atoms with Crippen LogP contribution < -0.4 is 0 Å². The third-order valence-corrected chi connectivity index (χ3v) is 3.92. The molecule has 0 fully saturated rings. The Balaban J connectivity index is 1.86. The summed E-state index contributed by atoms with van der Waals surface area (Å²) in [6.07, 6.45) is 2.78. The Labute approximate surface area is 112 Å². The zero-order valence-electron chi connectivity index (χ0n) is 10.8. The lowest BCUT2D eigenvalue weighted by atomic mass is 10.0. The van der Waals surface area contributed by atoms with Crippen molar-refractivity contribution in [2.75, 3.05) is 0 Å². The first-order chi connectivity index (χ1) is 9.33. The monoisotopic (exact) mass is 246 g/mol. The molecule has 0 aliphatic heterocycles.